The zero-order chi connectivity index (χ0) is 35.5. The Labute approximate surface area is 251 Å². The molecule has 0 aliphatic heterocycles. The first-order valence-corrected chi connectivity index (χ1v) is 12.7. The average molecular weight is 722 g/mol. The zero-order valence-electron chi connectivity index (χ0n) is 23.5. The van der Waals surface area contributed by atoms with Crippen molar-refractivity contribution in [2.24, 2.45) is 0 Å². The smallest absolute Gasteiger partial charge is 0.383 e. The Morgan fingerprint density at radius 2 is 0.478 bits per heavy atom. The minimum atomic E-state index is -5.79. The van der Waals surface area contributed by atoms with E-state index in [0.29, 0.717) is 0 Å². The van der Waals surface area contributed by atoms with Gasteiger partial charge in [0.15, 0.2) is 0 Å². The van der Waals surface area contributed by atoms with Gasteiger partial charge in [-0.1, -0.05) is 0 Å². The molecule has 0 bridgehead atoms. The summed E-state index contributed by atoms with van der Waals surface area (Å²) in [5.41, 5.74) is 0. The average Bonchev–Trinajstić information content (AvgIpc) is 2.90. The maximum atomic E-state index is 12.7. The second-order valence-electron chi connectivity index (χ2n) is 8.50. The third kappa shape index (κ3) is 19.5. The fourth-order valence-corrected chi connectivity index (χ4v) is 2.26. The van der Waals surface area contributed by atoms with Crippen LogP contribution in [0.2, 0.25) is 0 Å². The highest BCUT2D eigenvalue weighted by Crippen LogP contribution is 2.37. The number of hydrogen-bond donors (Lipinski definition) is 0. The normalized spacial score (nSPS) is 13.9. The molecule has 0 saturated heterocycles. The van der Waals surface area contributed by atoms with Crippen LogP contribution in [-0.2, 0) is 42.4 Å². The number of ether oxygens (including phenoxy) is 6. The molecule has 0 aromatic heterocycles. The third-order valence-electron chi connectivity index (χ3n) is 4.66. The standard InChI is InChI=1S/C21H30BF15O9/c23-16(24,19(29,30)31)13-41-4-1-38-7-10-44-22(45-11-8-39-2-5-42-14-17(25,26)20(32,33)34)46-12-9-40-3-6-43-15-18(27,28)21(35,36)37/h1-15H2. The van der Waals surface area contributed by atoms with Crippen LogP contribution in [0.4, 0.5) is 65.9 Å². The summed E-state index contributed by atoms with van der Waals surface area (Å²) in [6.07, 6.45) is -17.4. The molecule has 0 atom stereocenters. The van der Waals surface area contributed by atoms with E-state index in [1.54, 1.807) is 0 Å². The van der Waals surface area contributed by atoms with Crippen LogP contribution in [0.3, 0.4) is 0 Å². The molecule has 0 amide bonds. The minimum absolute atomic E-state index is 0.283. The van der Waals surface area contributed by atoms with Crippen LogP contribution < -0.4 is 0 Å². The predicted molar refractivity (Wildman–Crippen MR) is 122 cm³/mol. The van der Waals surface area contributed by atoms with Gasteiger partial charge in [0.25, 0.3) is 0 Å². The van der Waals surface area contributed by atoms with Gasteiger partial charge in [-0.2, -0.15) is 65.9 Å². The third-order valence-corrected chi connectivity index (χ3v) is 4.66. The van der Waals surface area contributed by atoms with Crippen LogP contribution in [0.15, 0.2) is 0 Å². The lowest BCUT2D eigenvalue weighted by molar-refractivity contribution is -0.297. The summed E-state index contributed by atoms with van der Waals surface area (Å²) in [7, 11) is -1.51. The molecular formula is C21H30BF15O9. The Kier molecular flexibility index (Phi) is 20.3. The zero-order valence-corrected chi connectivity index (χ0v) is 23.5. The molecule has 0 rings (SSSR count). The largest absolute Gasteiger partial charge is 0.639 e. The first kappa shape index (κ1) is 44.7. The maximum Gasteiger partial charge on any atom is 0.639 e. The Balaban J connectivity index is 4.37. The number of halogens is 15. The van der Waals surface area contributed by atoms with E-state index in [-0.39, 0.29) is 39.6 Å². The van der Waals surface area contributed by atoms with Crippen molar-refractivity contribution >= 4 is 7.32 Å². The SMILES string of the molecule is FC(F)(F)C(F)(F)COCCOCCOB(OCCOCCOCC(F)(F)C(F)(F)F)OCCOCCOCC(F)(F)C(F)(F)F. The van der Waals surface area contributed by atoms with E-state index >= 15 is 0 Å². The summed E-state index contributed by atoms with van der Waals surface area (Å²) < 4.78 is 228. The monoisotopic (exact) mass is 722 g/mol. The van der Waals surface area contributed by atoms with Crippen LogP contribution in [0.5, 0.6) is 0 Å². The Hall–Kier alpha value is -1.35. The molecule has 46 heavy (non-hydrogen) atoms. The van der Waals surface area contributed by atoms with Gasteiger partial charge >= 0.3 is 43.6 Å². The molecule has 0 unspecified atom stereocenters. The van der Waals surface area contributed by atoms with Crippen LogP contribution in [0.25, 0.3) is 0 Å². The van der Waals surface area contributed by atoms with Gasteiger partial charge in [0.05, 0.1) is 79.3 Å². The van der Waals surface area contributed by atoms with E-state index in [9.17, 15) is 65.9 Å². The lowest BCUT2D eigenvalue weighted by Gasteiger charge is -2.19. The predicted octanol–water partition coefficient (Wildman–Crippen LogP) is 4.71. The van der Waals surface area contributed by atoms with Gasteiger partial charge in [0, 0.05) is 0 Å². The lowest BCUT2D eigenvalue weighted by Crippen LogP contribution is -2.41. The topological polar surface area (TPSA) is 83.1 Å². The molecule has 0 heterocycles. The molecule has 0 aliphatic carbocycles. The summed E-state index contributed by atoms with van der Waals surface area (Å²) in [4.78, 5) is 0. The van der Waals surface area contributed by atoms with Crippen LogP contribution in [0.1, 0.15) is 0 Å². The molecule has 0 saturated carbocycles. The van der Waals surface area contributed by atoms with Gasteiger partial charge in [0.1, 0.15) is 19.8 Å². The van der Waals surface area contributed by atoms with Crippen molar-refractivity contribution < 1.29 is 108 Å². The first-order chi connectivity index (χ1) is 21.0. The lowest BCUT2D eigenvalue weighted by atomic mass is 10.2. The second-order valence-corrected chi connectivity index (χ2v) is 8.50. The highest BCUT2D eigenvalue weighted by atomic mass is 19.4. The molecule has 0 aromatic rings. The summed E-state index contributed by atoms with van der Waals surface area (Å²) in [6, 6.07) is 0. The first-order valence-electron chi connectivity index (χ1n) is 12.7. The molecule has 0 aliphatic rings. The quantitative estimate of drug-likeness (QED) is 0.0681. The van der Waals surface area contributed by atoms with E-state index in [4.69, 9.17) is 28.2 Å². The maximum absolute atomic E-state index is 12.7. The number of rotatable bonds is 27. The Bertz CT molecular complexity index is 687. The van der Waals surface area contributed by atoms with E-state index < -0.39 is 103 Å². The Morgan fingerprint density at radius 3 is 0.696 bits per heavy atom. The van der Waals surface area contributed by atoms with Gasteiger partial charge in [0.2, 0.25) is 0 Å². The van der Waals surface area contributed by atoms with Crippen molar-refractivity contribution in [1.82, 2.24) is 0 Å². The molecular weight excluding hydrogens is 692 g/mol. The van der Waals surface area contributed by atoms with Gasteiger partial charge in [-0.3, -0.25) is 0 Å². The van der Waals surface area contributed by atoms with E-state index in [2.05, 4.69) is 14.2 Å². The highest BCUT2D eigenvalue weighted by Gasteiger charge is 2.59. The van der Waals surface area contributed by atoms with Gasteiger partial charge < -0.3 is 42.4 Å². The van der Waals surface area contributed by atoms with E-state index in [1.165, 1.54) is 0 Å². The van der Waals surface area contributed by atoms with E-state index in [1.807, 2.05) is 0 Å². The minimum Gasteiger partial charge on any atom is -0.383 e. The van der Waals surface area contributed by atoms with Crippen LogP contribution >= 0.6 is 0 Å². The van der Waals surface area contributed by atoms with Gasteiger partial charge in [-0.15, -0.1) is 0 Å². The number of hydrogen-bond acceptors (Lipinski definition) is 9. The van der Waals surface area contributed by atoms with Gasteiger partial charge in [-0.05, 0) is 0 Å². The molecule has 9 nitrogen and oxygen atoms in total. The molecule has 0 spiro atoms. The van der Waals surface area contributed by atoms with Crippen LogP contribution in [0, 0.1) is 0 Å². The molecule has 0 radical (unpaired) electrons. The van der Waals surface area contributed by atoms with Crippen molar-refractivity contribution in [2.45, 2.75) is 36.3 Å². The number of alkyl halides is 15. The van der Waals surface area contributed by atoms with Gasteiger partial charge in [-0.25, -0.2) is 0 Å². The van der Waals surface area contributed by atoms with Crippen molar-refractivity contribution in [3.05, 3.63) is 0 Å². The van der Waals surface area contributed by atoms with Crippen molar-refractivity contribution in [1.29, 1.82) is 0 Å². The molecule has 25 heteroatoms. The van der Waals surface area contributed by atoms with Crippen molar-refractivity contribution in [2.75, 3.05) is 99.1 Å². The Morgan fingerprint density at radius 1 is 0.283 bits per heavy atom. The summed E-state index contributed by atoms with van der Waals surface area (Å²) >= 11 is 0. The fraction of sp³-hybridized carbons (Fsp3) is 1.00. The summed E-state index contributed by atoms with van der Waals surface area (Å²) in [5, 5.41) is 0. The molecule has 276 valence electrons. The second kappa shape index (κ2) is 20.9. The summed E-state index contributed by atoms with van der Waals surface area (Å²) in [6.45, 7) is -10.8. The van der Waals surface area contributed by atoms with E-state index in [0.717, 1.165) is 0 Å². The summed E-state index contributed by atoms with van der Waals surface area (Å²) in [5.74, 6) is -15.2. The molecule has 0 aromatic carbocycles. The highest BCUT2D eigenvalue weighted by molar-refractivity contribution is 6.36. The molecule has 0 fully saturated rings. The van der Waals surface area contributed by atoms with Crippen LogP contribution in [-0.4, -0.2) is 143 Å². The fourth-order valence-electron chi connectivity index (χ4n) is 2.26. The van der Waals surface area contributed by atoms with Crippen molar-refractivity contribution in [3.63, 3.8) is 0 Å². The van der Waals surface area contributed by atoms with Crippen molar-refractivity contribution in [3.8, 4) is 0 Å². The molecule has 0 N–H and O–H groups in total.